The fourth-order valence-electron chi connectivity index (χ4n) is 1.35. The Hall–Kier alpha value is -0.970. The van der Waals surface area contributed by atoms with Gasteiger partial charge in [-0.15, -0.1) is 5.10 Å². The van der Waals surface area contributed by atoms with E-state index in [1.807, 2.05) is 7.05 Å². The van der Waals surface area contributed by atoms with Crippen LogP contribution < -0.4 is 5.73 Å². The summed E-state index contributed by atoms with van der Waals surface area (Å²) in [4.78, 5) is 0. The van der Waals surface area contributed by atoms with Crippen LogP contribution in [0.3, 0.4) is 0 Å². The summed E-state index contributed by atoms with van der Waals surface area (Å²) >= 11 is 0. The molecule has 11 heavy (non-hydrogen) atoms. The predicted molar refractivity (Wildman–Crippen MR) is 38.8 cm³/mol. The minimum absolute atomic E-state index is 0.109. The van der Waals surface area contributed by atoms with Gasteiger partial charge in [0.25, 0.3) is 0 Å². The Bertz CT molecular complexity index is 262. The third-order valence-electron chi connectivity index (χ3n) is 2.34. The standard InChI is InChI=1S/C6H11N5/c1-11-5(8-9-10-11)6(4-7)2-3-6/h2-4,7H2,1H3. The topological polar surface area (TPSA) is 69.6 Å². The van der Waals surface area contributed by atoms with Crippen LogP contribution in [-0.4, -0.2) is 26.8 Å². The van der Waals surface area contributed by atoms with Crippen LogP contribution in [0.5, 0.6) is 0 Å². The molecule has 60 valence electrons. The van der Waals surface area contributed by atoms with Crippen molar-refractivity contribution in [3.63, 3.8) is 0 Å². The smallest absolute Gasteiger partial charge is 0.158 e. The van der Waals surface area contributed by atoms with Crippen molar-refractivity contribution in [2.45, 2.75) is 18.3 Å². The lowest BCUT2D eigenvalue weighted by atomic mass is 10.1. The van der Waals surface area contributed by atoms with Crippen LogP contribution in [0.15, 0.2) is 0 Å². The number of aromatic nitrogens is 4. The van der Waals surface area contributed by atoms with Crippen LogP contribution in [0.4, 0.5) is 0 Å². The number of rotatable bonds is 2. The lowest BCUT2D eigenvalue weighted by Crippen LogP contribution is -2.23. The first-order valence-corrected chi connectivity index (χ1v) is 3.71. The quantitative estimate of drug-likeness (QED) is 0.604. The average molecular weight is 153 g/mol. The summed E-state index contributed by atoms with van der Waals surface area (Å²) in [6.07, 6.45) is 2.25. The van der Waals surface area contributed by atoms with Crippen molar-refractivity contribution >= 4 is 0 Å². The van der Waals surface area contributed by atoms with Crippen molar-refractivity contribution in [1.29, 1.82) is 0 Å². The summed E-state index contributed by atoms with van der Waals surface area (Å²) in [5.74, 6) is 0.931. The third-order valence-corrected chi connectivity index (χ3v) is 2.34. The van der Waals surface area contributed by atoms with Gasteiger partial charge in [0.05, 0.1) is 0 Å². The molecule has 5 nitrogen and oxygen atoms in total. The first-order valence-electron chi connectivity index (χ1n) is 3.71. The van der Waals surface area contributed by atoms with Crippen LogP contribution >= 0.6 is 0 Å². The maximum atomic E-state index is 5.62. The number of tetrazole rings is 1. The van der Waals surface area contributed by atoms with Crippen molar-refractivity contribution < 1.29 is 0 Å². The minimum atomic E-state index is 0.109. The Morgan fingerprint density at radius 2 is 2.36 bits per heavy atom. The van der Waals surface area contributed by atoms with Crippen molar-refractivity contribution in [1.82, 2.24) is 20.2 Å². The molecule has 1 aromatic rings. The van der Waals surface area contributed by atoms with E-state index in [9.17, 15) is 0 Å². The first-order chi connectivity index (χ1) is 5.28. The van der Waals surface area contributed by atoms with E-state index in [0.29, 0.717) is 6.54 Å². The van der Waals surface area contributed by atoms with Gasteiger partial charge < -0.3 is 5.73 Å². The molecule has 2 rings (SSSR count). The van der Waals surface area contributed by atoms with Gasteiger partial charge in [-0.05, 0) is 23.3 Å². The van der Waals surface area contributed by atoms with E-state index in [4.69, 9.17) is 5.73 Å². The fraction of sp³-hybridized carbons (Fsp3) is 0.833. The maximum absolute atomic E-state index is 5.62. The zero-order valence-corrected chi connectivity index (χ0v) is 6.49. The number of nitrogens with zero attached hydrogens (tertiary/aromatic N) is 4. The molecule has 1 aliphatic rings. The van der Waals surface area contributed by atoms with E-state index in [1.54, 1.807) is 4.68 Å². The van der Waals surface area contributed by atoms with Crippen LogP contribution in [-0.2, 0) is 12.5 Å². The maximum Gasteiger partial charge on any atom is 0.158 e. The van der Waals surface area contributed by atoms with Crippen molar-refractivity contribution in [2.24, 2.45) is 12.8 Å². The molecular formula is C6H11N5. The molecule has 1 aromatic heterocycles. The van der Waals surface area contributed by atoms with Gasteiger partial charge >= 0.3 is 0 Å². The predicted octanol–water partition coefficient (Wildman–Crippen LogP) is -0.800. The van der Waals surface area contributed by atoms with E-state index >= 15 is 0 Å². The Morgan fingerprint density at radius 3 is 2.73 bits per heavy atom. The molecule has 1 saturated carbocycles. The minimum Gasteiger partial charge on any atom is -0.329 e. The lowest BCUT2D eigenvalue weighted by Gasteiger charge is -2.08. The second-order valence-electron chi connectivity index (χ2n) is 3.11. The van der Waals surface area contributed by atoms with Gasteiger partial charge in [-0.3, -0.25) is 0 Å². The summed E-state index contributed by atoms with van der Waals surface area (Å²) in [5, 5.41) is 11.3. The van der Waals surface area contributed by atoms with E-state index < -0.39 is 0 Å². The summed E-state index contributed by atoms with van der Waals surface area (Å²) in [5.41, 5.74) is 5.73. The number of nitrogens with two attached hydrogens (primary N) is 1. The molecule has 0 aliphatic heterocycles. The summed E-state index contributed by atoms with van der Waals surface area (Å²) in [6, 6.07) is 0. The van der Waals surface area contributed by atoms with Crippen molar-refractivity contribution in [3.8, 4) is 0 Å². The highest BCUT2D eigenvalue weighted by atomic mass is 15.5. The van der Waals surface area contributed by atoms with Gasteiger partial charge in [-0.25, -0.2) is 4.68 Å². The monoisotopic (exact) mass is 153 g/mol. The molecule has 0 amide bonds. The molecule has 0 radical (unpaired) electrons. The highest BCUT2D eigenvalue weighted by molar-refractivity contribution is 5.17. The van der Waals surface area contributed by atoms with Gasteiger partial charge in [0.15, 0.2) is 5.82 Å². The van der Waals surface area contributed by atoms with Crippen LogP contribution in [0.2, 0.25) is 0 Å². The van der Waals surface area contributed by atoms with Crippen molar-refractivity contribution in [3.05, 3.63) is 5.82 Å². The molecule has 0 atom stereocenters. The Morgan fingerprint density at radius 1 is 1.64 bits per heavy atom. The molecule has 1 fully saturated rings. The van der Waals surface area contributed by atoms with Crippen LogP contribution in [0.1, 0.15) is 18.7 Å². The van der Waals surface area contributed by atoms with Crippen LogP contribution in [0.25, 0.3) is 0 Å². The number of hydrogen-bond donors (Lipinski definition) is 1. The van der Waals surface area contributed by atoms with Gasteiger partial charge in [-0.1, -0.05) is 0 Å². The molecule has 0 saturated heterocycles. The molecule has 0 spiro atoms. The molecule has 1 aliphatic carbocycles. The van der Waals surface area contributed by atoms with Gasteiger partial charge in [-0.2, -0.15) is 0 Å². The number of aryl methyl sites for hydroxylation is 1. The molecular weight excluding hydrogens is 142 g/mol. The van der Waals surface area contributed by atoms with E-state index in [2.05, 4.69) is 15.5 Å². The molecule has 0 aromatic carbocycles. The Balaban J connectivity index is 2.35. The zero-order valence-electron chi connectivity index (χ0n) is 6.49. The lowest BCUT2D eigenvalue weighted by molar-refractivity contribution is 0.584. The second kappa shape index (κ2) is 2.01. The highest BCUT2D eigenvalue weighted by Crippen LogP contribution is 2.45. The largest absolute Gasteiger partial charge is 0.329 e. The zero-order chi connectivity index (χ0) is 7.90. The highest BCUT2D eigenvalue weighted by Gasteiger charge is 2.47. The van der Waals surface area contributed by atoms with E-state index in [-0.39, 0.29) is 5.41 Å². The molecule has 0 unspecified atom stereocenters. The molecule has 1 heterocycles. The first kappa shape index (κ1) is 6.72. The third kappa shape index (κ3) is 0.841. The molecule has 5 heteroatoms. The Labute approximate surface area is 64.6 Å². The second-order valence-corrected chi connectivity index (χ2v) is 3.11. The SMILES string of the molecule is Cn1nnnc1C1(CN)CC1. The van der Waals surface area contributed by atoms with E-state index in [1.165, 1.54) is 0 Å². The molecule has 0 bridgehead atoms. The van der Waals surface area contributed by atoms with Gasteiger partial charge in [0.1, 0.15) is 0 Å². The van der Waals surface area contributed by atoms with Crippen LogP contribution in [0, 0.1) is 0 Å². The number of hydrogen-bond acceptors (Lipinski definition) is 4. The summed E-state index contributed by atoms with van der Waals surface area (Å²) < 4.78 is 1.71. The summed E-state index contributed by atoms with van der Waals surface area (Å²) in [7, 11) is 1.85. The van der Waals surface area contributed by atoms with Gasteiger partial charge in [0.2, 0.25) is 0 Å². The van der Waals surface area contributed by atoms with Gasteiger partial charge in [0, 0.05) is 19.0 Å². The Kier molecular flexibility index (Phi) is 1.23. The van der Waals surface area contributed by atoms with Crippen molar-refractivity contribution in [2.75, 3.05) is 6.54 Å². The van der Waals surface area contributed by atoms with E-state index in [0.717, 1.165) is 18.7 Å². The summed E-state index contributed by atoms with van der Waals surface area (Å²) in [6.45, 7) is 0.654. The average Bonchev–Trinajstić information content (AvgIpc) is 2.70. The molecule has 2 N–H and O–H groups in total. The fourth-order valence-corrected chi connectivity index (χ4v) is 1.35. The normalized spacial score (nSPS) is 20.2.